The van der Waals surface area contributed by atoms with Gasteiger partial charge in [-0.05, 0) is 18.2 Å². The van der Waals surface area contributed by atoms with Crippen molar-refractivity contribution in [3.05, 3.63) is 49.1 Å². The van der Waals surface area contributed by atoms with Crippen LogP contribution < -0.4 is 0 Å². The summed E-state index contributed by atoms with van der Waals surface area (Å²) in [6.07, 6.45) is 6.34. The van der Waals surface area contributed by atoms with Crippen molar-refractivity contribution in [2.75, 3.05) is 0 Å². The molecule has 0 saturated heterocycles. The first-order chi connectivity index (χ1) is 10.9. The Morgan fingerprint density at radius 1 is 0.909 bits per heavy atom. The Hall–Kier alpha value is -3.49. The molecule has 0 N–H and O–H groups in total. The summed E-state index contributed by atoms with van der Waals surface area (Å²) in [6, 6.07) is 7.22. The van der Waals surface area contributed by atoms with E-state index in [1.807, 2.05) is 18.2 Å². The van der Waals surface area contributed by atoms with Gasteiger partial charge in [-0.3, -0.25) is 0 Å². The van der Waals surface area contributed by atoms with Gasteiger partial charge in [0.15, 0.2) is 23.6 Å². The zero-order valence-corrected chi connectivity index (χ0v) is 11.1. The van der Waals surface area contributed by atoms with Gasteiger partial charge in [-0.1, -0.05) is 11.3 Å². The average Bonchev–Trinajstić information content (AvgIpc) is 3.25. The van der Waals surface area contributed by atoms with Crippen molar-refractivity contribution < 1.29 is 4.52 Å². The van der Waals surface area contributed by atoms with Crippen molar-refractivity contribution >= 4 is 0 Å². The summed E-state index contributed by atoms with van der Waals surface area (Å²) in [5.74, 6) is 1.05. The second-order valence-corrected chi connectivity index (χ2v) is 4.25. The molecular weight excluding hydrogens is 284 g/mol. The highest BCUT2D eigenvalue weighted by molar-refractivity contribution is 5.72. The van der Waals surface area contributed by atoms with Crippen LogP contribution in [0, 0.1) is 0 Å². The quantitative estimate of drug-likeness (QED) is 0.553. The van der Waals surface area contributed by atoms with Crippen LogP contribution >= 0.6 is 0 Å². The SMILES string of the molecule is c1ccc(-n2nnc(-c3conn3)c2-c2ncccn2)nc1. The zero-order valence-electron chi connectivity index (χ0n) is 11.1. The molecule has 0 spiro atoms. The molecule has 4 aromatic heterocycles. The molecule has 0 aromatic carbocycles. The van der Waals surface area contributed by atoms with E-state index in [-0.39, 0.29) is 0 Å². The van der Waals surface area contributed by atoms with Crippen molar-refractivity contribution in [2.45, 2.75) is 0 Å². The Balaban J connectivity index is 1.97. The highest BCUT2D eigenvalue weighted by Crippen LogP contribution is 2.27. The average molecular weight is 292 g/mol. The molecule has 0 fully saturated rings. The molecule has 106 valence electrons. The van der Waals surface area contributed by atoms with Crippen LogP contribution in [0.1, 0.15) is 0 Å². The van der Waals surface area contributed by atoms with E-state index in [0.717, 1.165) is 0 Å². The summed E-state index contributed by atoms with van der Waals surface area (Å²) in [7, 11) is 0. The molecule has 9 nitrogen and oxygen atoms in total. The Kier molecular flexibility index (Phi) is 2.86. The lowest BCUT2D eigenvalue weighted by molar-refractivity contribution is 0.393. The third-order valence-electron chi connectivity index (χ3n) is 2.92. The van der Waals surface area contributed by atoms with Crippen LogP contribution in [0.4, 0.5) is 0 Å². The maximum atomic E-state index is 4.78. The molecule has 0 aliphatic rings. The van der Waals surface area contributed by atoms with Crippen LogP contribution in [-0.4, -0.2) is 40.3 Å². The first-order valence-corrected chi connectivity index (χ1v) is 6.35. The second kappa shape index (κ2) is 5.13. The van der Waals surface area contributed by atoms with Gasteiger partial charge in [-0.2, -0.15) is 4.68 Å². The van der Waals surface area contributed by atoms with E-state index < -0.39 is 0 Å². The molecule has 4 heterocycles. The maximum absolute atomic E-state index is 4.78. The second-order valence-electron chi connectivity index (χ2n) is 4.25. The molecule has 9 heteroatoms. The van der Waals surface area contributed by atoms with Gasteiger partial charge >= 0.3 is 0 Å². The fourth-order valence-corrected chi connectivity index (χ4v) is 1.98. The summed E-state index contributed by atoms with van der Waals surface area (Å²) in [4.78, 5) is 12.8. The number of nitrogens with zero attached hydrogens (tertiary/aromatic N) is 8. The lowest BCUT2D eigenvalue weighted by atomic mass is 10.2. The highest BCUT2D eigenvalue weighted by Gasteiger charge is 2.22. The summed E-state index contributed by atoms with van der Waals surface area (Å²) >= 11 is 0. The lowest BCUT2D eigenvalue weighted by Gasteiger charge is -2.04. The minimum absolute atomic E-state index is 0.449. The number of aromatic nitrogens is 8. The molecule has 0 radical (unpaired) electrons. The van der Waals surface area contributed by atoms with Gasteiger partial charge in [0.05, 0.1) is 0 Å². The lowest BCUT2D eigenvalue weighted by Crippen LogP contribution is -2.03. The molecule has 0 unspecified atom stereocenters. The van der Waals surface area contributed by atoms with Crippen LogP contribution in [0.25, 0.3) is 28.7 Å². The van der Waals surface area contributed by atoms with Crippen LogP contribution in [0.15, 0.2) is 53.6 Å². The minimum Gasteiger partial charge on any atom is -0.345 e. The van der Waals surface area contributed by atoms with Crippen molar-refractivity contribution in [2.24, 2.45) is 0 Å². The molecular formula is C13H8N8O. The summed E-state index contributed by atoms with van der Waals surface area (Å²) in [5, 5.41) is 15.6. The first kappa shape index (κ1) is 12.3. The van der Waals surface area contributed by atoms with E-state index in [1.54, 1.807) is 29.3 Å². The third-order valence-corrected chi connectivity index (χ3v) is 2.92. The topological polar surface area (TPSA) is 108 Å². The van der Waals surface area contributed by atoms with Crippen molar-refractivity contribution in [3.63, 3.8) is 0 Å². The van der Waals surface area contributed by atoms with Crippen LogP contribution in [0.5, 0.6) is 0 Å². The van der Waals surface area contributed by atoms with Crippen molar-refractivity contribution in [1.82, 2.24) is 40.3 Å². The largest absolute Gasteiger partial charge is 0.345 e. The Bertz CT molecular complexity index is 873. The van der Waals surface area contributed by atoms with E-state index in [4.69, 9.17) is 4.52 Å². The molecule has 0 aliphatic carbocycles. The standard InChI is InChI=1S/C13H8N8O/c1-2-5-14-10(4-1)21-12(13-15-6-3-7-16-13)11(18-19-21)9-8-22-20-17-9/h1-8H. The van der Waals surface area contributed by atoms with E-state index in [1.165, 1.54) is 6.26 Å². The van der Waals surface area contributed by atoms with E-state index in [2.05, 4.69) is 35.6 Å². The van der Waals surface area contributed by atoms with Crippen LogP contribution in [-0.2, 0) is 0 Å². The van der Waals surface area contributed by atoms with Gasteiger partial charge in [0.1, 0.15) is 11.4 Å². The Morgan fingerprint density at radius 3 is 2.50 bits per heavy atom. The summed E-state index contributed by atoms with van der Waals surface area (Å²) in [5.41, 5.74) is 1.48. The van der Waals surface area contributed by atoms with Gasteiger partial charge in [0.25, 0.3) is 0 Å². The van der Waals surface area contributed by atoms with Gasteiger partial charge < -0.3 is 4.52 Å². The predicted octanol–water partition coefficient (Wildman–Crippen LogP) is 1.17. The molecule has 0 saturated carbocycles. The predicted molar refractivity (Wildman–Crippen MR) is 73.5 cm³/mol. The van der Waals surface area contributed by atoms with E-state index >= 15 is 0 Å². The molecule has 0 atom stereocenters. The fraction of sp³-hybridized carbons (Fsp3) is 0. The summed E-state index contributed by atoms with van der Waals surface area (Å²) in [6.45, 7) is 0. The van der Waals surface area contributed by atoms with Crippen LogP contribution in [0.3, 0.4) is 0 Å². The highest BCUT2D eigenvalue weighted by atomic mass is 16.5. The van der Waals surface area contributed by atoms with E-state index in [9.17, 15) is 0 Å². The van der Waals surface area contributed by atoms with Gasteiger partial charge in [0.2, 0.25) is 0 Å². The Morgan fingerprint density at radius 2 is 1.77 bits per heavy atom. The normalized spacial score (nSPS) is 10.7. The van der Waals surface area contributed by atoms with Crippen molar-refractivity contribution in [1.29, 1.82) is 0 Å². The van der Waals surface area contributed by atoms with E-state index in [0.29, 0.717) is 28.7 Å². The molecule has 0 amide bonds. The minimum atomic E-state index is 0.449. The van der Waals surface area contributed by atoms with Gasteiger partial charge in [-0.15, -0.1) is 10.2 Å². The maximum Gasteiger partial charge on any atom is 0.180 e. The first-order valence-electron chi connectivity index (χ1n) is 6.35. The molecule has 22 heavy (non-hydrogen) atoms. The molecule has 0 bridgehead atoms. The van der Waals surface area contributed by atoms with Gasteiger partial charge in [-0.25, -0.2) is 15.0 Å². The zero-order chi connectivity index (χ0) is 14.8. The number of hydrogen-bond donors (Lipinski definition) is 0. The third kappa shape index (κ3) is 2.00. The molecule has 4 aromatic rings. The Labute approximate surface area is 123 Å². The van der Waals surface area contributed by atoms with Crippen molar-refractivity contribution in [3.8, 4) is 28.7 Å². The molecule has 4 rings (SSSR count). The van der Waals surface area contributed by atoms with Gasteiger partial charge in [0, 0.05) is 23.9 Å². The molecule has 0 aliphatic heterocycles. The number of hydrogen-bond acceptors (Lipinski definition) is 8. The number of pyridine rings is 1. The van der Waals surface area contributed by atoms with Crippen LogP contribution in [0.2, 0.25) is 0 Å². The number of rotatable bonds is 3. The smallest absolute Gasteiger partial charge is 0.180 e. The fourth-order valence-electron chi connectivity index (χ4n) is 1.98. The monoisotopic (exact) mass is 292 g/mol. The summed E-state index contributed by atoms with van der Waals surface area (Å²) < 4.78 is 6.34.